The highest BCUT2D eigenvalue weighted by Gasteiger charge is 2.43. The van der Waals surface area contributed by atoms with E-state index < -0.39 is 8.07 Å². The van der Waals surface area contributed by atoms with Gasteiger partial charge in [0.2, 0.25) is 0 Å². The van der Waals surface area contributed by atoms with Crippen molar-refractivity contribution in [3.63, 3.8) is 0 Å². The third kappa shape index (κ3) is 3.91. The lowest BCUT2D eigenvalue weighted by atomic mass is 10.1. The van der Waals surface area contributed by atoms with Gasteiger partial charge in [-0.3, -0.25) is 0 Å². The lowest BCUT2D eigenvalue weighted by Crippen LogP contribution is -2.74. The Balaban J connectivity index is 1.37. The van der Waals surface area contributed by atoms with E-state index >= 15 is 0 Å². The van der Waals surface area contributed by atoms with Gasteiger partial charge in [0.1, 0.15) is 0 Å². The minimum Gasteiger partial charge on any atom is -0.309 e. The largest absolute Gasteiger partial charge is 0.309 e. The van der Waals surface area contributed by atoms with Crippen LogP contribution in [-0.4, -0.2) is 12.6 Å². The van der Waals surface area contributed by atoms with Gasteiger partial charge in [0.05, 0.1) is 11.0 Å². The van der Waals surface area contributed by atoms with E-state index in [4.69, 9.17) is 0 Å². The van der Waals surface area contributed by atoms with Crippen molar-refractivity contribution in [3.05, 3.63) is 176 Å². The summed E-state index contributed by atoms with van der Waals surface area (Å²) < 4.78 is 5.10. The van der Waals surface area contributed by atoms with Gasteiger partial charge in [0.25, 0.3) is 0 Å². The fourth-order valence-electron chi connectivity index (χ4n) is 7.49. The molecule has 0 aliphatic carbocycles. The van der Waals surface area contributed by atoms with E-state index in [1.807, 2.05) is 11.3 Å². The molecule has 0 spiro atoms. The number of hydrogen-bond donors (Lipinski definition) is 0. The van der Waals surface area contributed by atoms with E-state index in [1.165, 1.54) is 68.4 Å². The topological polar surface area (TPSA) is 4.93 Å². The molecule has 0 saturated heterocycles. The Kier molecular flexibility index (Phi) is 6.08. The first-order valence-electron chi connectivity index (χ1n) is 15.4. The quantitative estimate of drug-likeness (QED) is 0.137. The van der Waals surface area contributed by atoms with Gasteiger partial charge in [-0.2, -0.15) is 0 Å². The Morgan fingerprint density at radius 3 is 1.49 bits per heavy atom. The van der Waals surface area contributed by atoms with Crippen molar-refractivity contribution in [2.24, 2.45) is 0 Å². The average Bonchev–Trinajstić information content (AvgIpc) is 3.66. The highest BCUT2D eigenvalue weighted by molar-refractivity contribution is 7.27. The number of aromatic nitrogens is 1. The molecule has 9 aromatic rings. The summed E-state index contributed by atoms with van der Waals surface area (Å²) in [5, 5.41) is 10.9. The number of hydrogen-bond acceptors (Lipinski definition) is 1. The molecule has 0 fully saturated rings. The molecule has 2 aromatic heterocycles. The van der Waals surface area contributed by atoms with Gasteiger partial charge >= 0.3 is 0 Å². The van der Waals surface area contributed by atoms with Crippen LogP contribution in [0.15, 0.2) is 176 Å². The van der Waals surface area contributed by atoms with E-state index in [2.05, 4.69) is 180 Å². The van der Waals surface area contributed by atoms with Crippen LogP contribution in [0.2, 0.25) is 0 Å². The molecule has 7 aromatic carbocycles. The second kappa shape index (κ2) is 10.4. The average molecular weight is 608 g/mol. The van der Waals surface area contributed by atoms with Gasteiger partial charge in [0.15, 0.2) is 8.07 Å². The standard InChI is InChI=1S/C42H29NSSi/c1-3-14-31(15-4-1)45(32-16-5-2-6-17-32,41-25-13-24-40-42(41)36-20-9-12-23-39(36)44-40)33-28-26-30(27-29-33)43-37-21-10-7-18-34(37)35-19-8-11-22-38(35)43/h1-29H. The molecule has 45 heavy (non-hydrogen) atoms. The summed E-state index contributed by atoms with van der Waals surface area (Å²) >= 11 is 1.90. The monoisotopic (exact) mass is 607 g/mol. The number of para-hydroxylation sites is 2. The summed E-state index contributed by atoms with van der Waals surface area (Å²) in [7, 11) is -2.76. The maximum Gasteiger partial charge on any atom is 0.180 e. The molecule has 1 nitrogen and oxygen atoms in total. The van der Waals surface area contributed by atoms with Gasteiger partial charge in [-0.05, 0) is 57.1 Å². The SMILES string of the molecule is c1ccc([Si](c2ccccc2)(c2ccc(-n3c4ccccc4c4ccccc43)cc2)c2cccc3sc4ccccc4c23)cc1. The molecular formula is C42H29NSSi. The molecule has 9 rings (SSSR count). The lowest BCUT2D eigenvalue weighted by Gasteiger charge is -2.35. The van der Waals surface area contributed by atoms with E-state index in [0.717, 1.165) is 0 Å². The van der Waals surface area contributed by atoms with Crippen LogP contribution in [-0.2, 0) is 0 Å². The van der Waals surface area contributed by atoms with Crippen molar-refractivity contribution >= 4 is 82.1 Å². The van der Waals surface area contributed by atoms with E-state index in [9.17, 15) is 0 Å². The first-order valence-corrected chi connectivity index (χ1v) is 18.3. The van der Waals surface area contributed by atoms with Crippen molar-refractivity contribution in [1.29, 1.82) is 0 Å². The van der Waals surface area contributed by atoms with Crippen molar-refractivity contribution in [2.45, 2.75) is 0 Å². The second-order valence-corrected chi connectivity index (χ2v) is 16.5. The zero-order valence-electron chi connectivity index (χ0n) is 24.6. The normalized spacial score (nSPS) is 12.0. The minimum atomic E-state index is -2.76. The van der Waals surface area contributed by atoms with Crippen molar-refractivity contribution in [1.82, 2.24) is 4.57 Å². The molecule has 0 N–H and O–H groups in total. The molecule has 0 amide bonds. The molecular weight excluding hydrogens is 579 g/mol. The van der Waals surface area contributed by atoms with E-state index in [1.54, 1.807) is 0 Å². The number of benzene rings is 7. The number of fused-ring (bicyclic) bond motifs is 6. The highest BCUT2D eigenvalue weighted by Crippen LogP contribution is 2.34. The van der Waals surface area contributed by atoms with Crippen LogP contribution in [0.1, 0.15) is 0 Å². The van der Waals surface area contributed by atoms with Crippen LogP contribution in [0, 0.1) is 0 Å². The predicted molar refractivity (Wildman–Crippen MR) is 197 cm³/mol. The lowest BCUT2D eigenvalue weighted by molar-refractivity contribution is 1.18. The number of rotatable bonds is 5. The first-order chi connectivity index (χ1) is 22.3. The summed E-state index contributed by atoms with van der Waals surface area (Å²) in [6.07, 6.45) is 0. The molecule has 0 bridgehead atoms. The summed E-state index contributed by atoms with van der Waals surface area (Å²) in [4.78, 5) is 0. The minimum absolute atomic E-state index is 1.18. The molecule has 0 unspecified atom stereocenters. The second-order valence-electron chi connectivity index (χ2n) is 11.7. The Bertz CT molecular complexity index is 2380. The van der Waals surface area contributed by atoms with E-state index in [-0.39, 0.29) is 0 Å². The van der Waals surface area contributed by atoms with E-state index in [0.29, 0.717) is 0 Å². The maximum absolute atomic E-state index is 2.76. The van der Waals surface area contributed by atoms with Gasteiger partial charge in [-0.25, -0.2) is 0 Å². The van der Waals surface area contributed by atoms with Crippen LogP contribution in [0.5, 0.6) is 0 Å². The smallest absolute Gasteiger partial charge is 0.180 e. The highest BCUT2D eigenvalue weighted by atomic mass is 32.1. The van der Waals surface area contributed by atoms with Crippen molar-refractivity contribution in [3.8, 4) is 5.69 Å². The fourth-order valence-corrected chi connectivity index (χ4v) is 13.7. The zero-order valence-corrected chi connectivity index (χ0v) is 26.4. The van der Waals surface area contributed by atoms with Gasteiger partial charge < -0.3 is 4.57 Å². The molecule has 0 radical (unpaired) electrons. The van der Waals surface area contributed by atoms with Crippen LogP contribution in [0.4, 0.5) is 0 Å². The van der Waals surface area contributed by atoms with Crippen LogP contribution >= 0.6 is 11.3 Å². The van der Waals surface area contributed by atoms with Crippen molar-refractivity contribution < 1.29 is 0 Å². The van der Waals surface area contributed by atoms with Crippen molar-refractivity contribution in [2.75, 3.05) is 0 Å². The Labute approximate surface area is 267 Å². The molecule has 3 heteroatoms. The third-order valence-corrected chi connectivity index (χ3v) is 15.3. The van der Waals surface area contributed by atoms with Crippen LogP contribution < -0.4 is 20.7 Å². The summed E-state index contributed by atoms with van der Waals surface area (Å²) in [6, 6.07) is 65.4. The summed E-state index contributed by atoms with van der Waals surface area (Å²) in [6.45, 7) is 0. The summed E-state index contributed by atoms with van der Waals surface area (Å²) in [5.74, 6) is 0. The molecule has 0 atom stereocenters. The predicted octanol–water partition coefficient (Wildman–Crippen LogP) is 8.53. The van der Waals surface area contributed by atoms with Crippen LogP contribution in [0.3, 0.4) is 0 Å². The zero-order chi connectivity index (χ0) is 29.8. The Morgan fingerprint density at radius 1 is 0.378 bits per heavy atom. The van der Waals surface area contributed by atoms with Gasteiger partial charge in [0, 0.05) is 36.6 Å². The number of nitrogens with zero attached hydrogens (tertiary/aromatic N) is 1. The van der Waals surface area contributed by atoms with Crippen LogP contribution in [0.25, 0.3) is 47.7 Å². The third-order valence-electron chi connectivity index (χ3n) is 9.36. The van der Waals surface area contributed by atoms with Gasteiger partial charge in [-0.1, -0.05) is 140 Å². The maximum atomic E-state index is 2.42. The molecule has 0 aliphatic heterocycles. The molecule has 212 valence electrons. The van der Waals surface area contributed by atoms with Gasteiger partial charge in [-0.15, -0.1) is 11.3 Å². The Morgan fingerprint density at radius 2 is 0.867 bits per heavy atom. The first kappa shape index (κ1) is 26.2. The molecule has 0 aliphatic rings. The molecule has 0 saturated carbocycles. The summed E-state index contributed by atoms with van der Waals surface area (Å²) in [5.41, 5.74) is 3.64. The Hall–Kier alpha value is -5.22. The fraction of sp³-hybridized carbons (Fsp3) is 0. The number of thiophene rings is 1. The molecule has 2 heterocycles.